The smallest absolute Gasteiger partial charge is 0.342 e. The van der Waals surface area contributed by atoms with E-state index in [1.807, 2.05) is 19.2 Å². The van der Waals surface area contributed by atoms with E-state index in [1.54, 1.807) is 30.8 Å². The van der Waals surface area contributed by atoms with Gasteiger partial charge in [-0.15, -0.1) is 0 Å². The summed E-state index contributed by atoms with van der Waals surface area (Å²) in [5, 5.41) is 4.06. The van der Waals surface area contributed by atoms with Gasteiger partial charge < -0.3 is 9.15 Å². The van der Waals surface area contributed by atoms with E-state index in [-0.39, 0.29) is 12.1 Å². The zero-order chi connectivity index (χ0) is 13.1. The van der Waals surface area contributed by atoms with Crippen LogP contribution in [0.1, 0.15) is 28.8 Å². The summed E-state index contributed by atoms with van der Waals surface area (Å²) in [6, 6.07) is 3.52. The Bertz CT molecular complexity index is 528. The fourth-order valence-corrected chi connectivity index (χ4v) is 1.79. The standard InChI is InChI=1S/C13H16N2O3/c1-9-7-12(11(3)17-9)13(16)18-10(2)8-15-6-4-5-14-15/h4-7,10H,8H2,1-3H3/t10-/m1/s1. The van der Waals surface area contributed by atoms with Crippen LogP contribution in [0.25, 0.3) is 0 Å². The van der Waals surface area contributed by atoms with Gasteiger partial charge in [-0.1, -0.05) is 0 Å². The SMILES string of the molecule is Cc1cc(C(=O)O[C@H](C)Cn2cccn2)c(C)o1. The first-order chi connectivity index (χ1) is 8.56. The third-order valence-corrected chi connectivity index (χ3v) is 2.57. The second-order valence-electron chi connectivity index (χ2n) is 4.27. The number of nitrogens with zero attached hydrogens (tertiary/aromatic N) is 2. The van der Waals surface area contributed by atoms with E-state index in [1.165, 1.54) is 0 Å². The molecule has 96 valence electrons. The van der Waals surface area contributed by atoms with Crippen LogP contribution in [0.5, 0.6) is 0 Å². The van der Waals surface area contributed by atoms with Crippen molar-refractivity contribution in [3.63, 3.8) is 0 Å². The molecule has 0 aliphatic heterocycles. The Kier molecular flexibility index (Phi) is 3.50. The maximum Gasteiger partial charge on any atom is 0.342 e. The van der Waals surface area contributed by atoms with Crippen LogP contribution in [0.3, 0.4) is 0 Å². The zero-order valence-electron chi connectivity index (χ0n) is 10.7. The lowest BCUT2D eigenvalue weighted by molar-refractivity contribution is 0.0297. The molecule has 0 fully saturated rings. The van der Waals surface area contributed by atoms with Crippen molar-refractivity contribution >= 4 is 5.97 Å². The number of esters is 1. The summed E-state index contributed by atoms with van der Waals surface area (Å²) >= 11 is 0. The second kappa shape index (κ2) is 5.08. The predicted octanol–water partition coefficient (Wildman–Crippen LogP) is 2.34. The molecule has 5 nitrogen and oxygen atoms in total. The Balaban J connectivity index is 1.97. The molecular formula is C13H16N2O3. The lowest BCUT2D eigenvalue weighted by Gasteiger charge is -2.12. The minimum absolute atomic E-state index is 0.244. The van der Waals surface area contributed by atoms with Crippen molar-refractivity contribution < 1.29 is 13.9 Å². The molecule has 2 rings (SSSR count). The second-order valence-corrected chi connectivity index (χ2v) is 4.27. The molecule has 0 saturated heterocycles. The molecule has 0 radical (unpaired) electrons. The van der Waals surface area contributed by atoms with Gasteiger partial charge in [-0.3, -0.25) is 4.68 Å². The predicted molar refractivity (Wildman–Crippen MR) is 65.3 cm³/mol. The molecule has 0 bridgehead atoms. The molecule has 2 aromatic heterocycles. The van der Waals surface area contributed by atoms with Crippen LogP contribution in [0.4, 0.5) is 0 Å². The van der Waals surface area contributed by atoms with E-state index in [0.717, 1.165) is 0 Å². The highest BCUT2D eigenvalue weighted by Gasteiger charge is 2.17. The summed E-state index contributed by atoms with van der Waals surface area (Å²) in [7, 11) is 0. The number of aromatic nitrogens is 2. The van der Waals surface area contributed by atoms with Gasteiger partial charge in [0.15, 0.2) is 0 Å². The summed E-state index contributed by atoms with van der Waals surface area (Å²) < 4.78 is 12.4. The summed E-state index contributed by atoms with van der Waals surface area (Å²) in [6.07, 6.45) is 3.28. The summed E-state index contributed by atoms with van der Waals surface area (Å²) in [6.45, 7) is 5.93. The van der Waals surface area contributed by atoms with Crippen LogP contribution in [0.15, 0.2) is 28.9 Å². The molecular weight excluding hydrogens is 232 g/mol. The van der Waals surface area contributed by atoms with Crippen LogP contribution < -0.4 is 0 Å². The first-order valence-corrected chi connectivity index (χ1v) is 5.81. The van der Waals surface area contributed by atoms with E-state index in [0.29, 0.717) is 23.6 Å². The molecule has 18 heavy (non-hydrogen) atoms. The monoisotopic (exact) mass is 248 g/mol. The first kappa shape index (κ1) is 12.4. The molecule has 0 unspecified atom stereocenters. The van der Waals surface area contributed by atoms with Crippen molar-refractivity contribution in [3.8, 4) is 0 Å². The molecule has 0 saturated carbocycles. The Hall–Kier alpha value is -2.04. The van der Waals surface area contributed by atoms with Gasteiger partial charge in [-0.05, 0) is 32.9 Å². The van der Waals surface area contributed by atoms with Crippen molar-refractivity contribution in [1.29, 1.82) is 0 Å². The molecule has 1 atom stereocenters. The Morgan fingerprint density at radius 3 is 2.89 bits per heavy atom. The van der Waals surface area contributed by atoms with Crippen molar-refractivity contribution in [3.05, 3.63) is 41.6 Å². The Morgan fingerprint density at radius 2 is 2.33 bits per heavy atom. The third kappa shape index (κ3) is 2.80. The van der Waals surface area contributed by atoms with E-state index in [4.69, 9.17) is 9.15 Å². The topological polar surface area (TPSA) is 57.3 Å². The highest BCUT2D eigenvalue weighted by Crippen LogP contribution is 2.15. The van der Waals surface area contributed by atoms with E-state index in [9.17, 15) is 4.79 Å². The molecule has 0 aliphatic rings. The summed E-state index contributed by atoms with van der Waals surface area (Å²) in [4.78, 5) is 11.9. The van der Waals surface area contributed by atoms with Crippen LogP contribution in [-0.2, 0) is 11.3 Å². The Labute approximate surface area is 105 Å². The number of hydrogen-bond donors (Lipinski definition) is 0. The maximum absolute atomic E-state index is 11.9. The highest BCUT2D eigenvalue weighted by atomic mass is 16.5. The lowest BCUT2D eigenvalue weighted by Crippen LogP contribution is -2.21. The quantitative estimate of drug-likeness (QED) is 0.779. The van der Waals surface area contributed by atoms with Gasteiger partial charge in [0.2, 0.25) is 0 Å². The molecule has 0 spiro atoms. The number of furan rings is 1. The van der Waals surface area contributed by atoms with Crippen LogP contribution in [-0.4, -0.2) is 21.9 Å². The van der Waals surface area contributed by atoms with Gasteiger partial charge in [-0.2, -0.15) is 5.10 Å². The molecule has 2 aromatic rings. The number of carbonyl (C=O) groups is 1. The average molecular weight is 248 g/mol. The molecule has 5 heteroatoms. The van der Waals surface area contributed by atoms with Crippen LogP contribution in [0.2, 0.25) is 0 Å². The van der Waals surface area contributed by atoms with E-state index >= 15 is 0 Å². The fraction of sp³-hybridized carbons (Fsp3) is 0.385. The summed E-state index contributed by atoms with van der Waals surface area (Å²) in [5.74, 6) is 0.937. The number of rotatable bonds is 4. The maximum atomic E-state index is 11.9. The van der Waals surface area contributed by atoms with Crippen molar-refractivity contribution in [2.75, 3.05) is 0 Å². The fourth-order valence-electron chi connectivity index (χ4n) is 1.79. The minimum Gasteiger partial charge on any atom is -0.466 e. The van der Waals surface area contributed by atoms with E-state index in [2.05, 4.69) is 5.10 Å². The molecule has 0 aliphatic carbocycles. The molecule has 0 N–H and O–H groups in total. The summed E-state index contributed by atoms with van der Waals surface area (Å²) in [5.41, 5.74) is 0.486. The van der Waals surface area contributed by atoms with Gasteiger partial charge in [0.25, 0.3) is 0 Å². The van der Waals surface area contributed by atoms with Gasteiger partial charge in [0.05, 0.1) is 6.54 Å². The van der Waals surface area contributed by atoms with Gasteiger partial charge >= 0.3 is 5.97 Å². The zero-order valence-corrected chi connectivity index (χ0v) is 10.7. The van der Waals surface area contributed by atoms with Crippen LogP contribution >= 0.6 is 0 Å². The first-order valence-electron chi connectivity index (χ1n) is 5.81. The number of ether oxygens (including phenoxy) is 1. The largest absolute Gasteiger partial charge is 0.466 e. The molecule has 0 amide bonds. The lowest BCUT2D eigenvalue weighted by atomic mass is 10.2. The molecule has 0 aromatic carbocycles. The van der Waals surface area contributed by atoms with E-state index < -0.39 is 0 Å². The van der Waals surface area contributed by atoms with Crippen molar-refractivity contribution in [2.24, 2.45) is 0 Å². The number of aryl methyl sites for hydroxylation is 2. The van der Waals surface area contributed by atoms with Crippen LogP contribution in [0, 0.1) is 13.8 Å². The van der Waals surface area contributed by atoms with Crippen molar-refractivity contribution in [1.82, 2.24) is 9.78 Å². The van der Waals surface area contributed by atoms with Gasteiger partial charge in [-0.25, -0.2) is 4.79 Å². The highest BCUT2D eigenvalue weighted by molar-refractivity contribution is 5.90. The van der Waals surface area contributed by atoms with Gasteiger partial charge in [0, 0.05) is 12.4 Å². The normalized spacial score (nSPS) is 12.4. The average Bonchev–Trinajstić information content (AvgIpc) is 2.88. The minimum atomic E-state index is -0.357. The number of carbonyl (C=O) groups excluding carboxylic acids is 1. The third-order valence-electron chi connectivity index (χ3n) is 2.57. The Morgan fingerprint density at radius 1 is 1.56 bits per heavy atom. The van der Waals surface area contributed by atoms with Gasteiger partial charge in [0.1, 0.15) is 23.2 Å². The van der Waals surface area contributed by atoms with Crippen molar-refractivity contribution in [2.45, 2.75) is 33.4 Å². The number of hydrogen-bond acceptors (Lipinski definition) is 4. The molecule has 2 heterocycles.